The Kier molecular flexibility index (Phi) is 7.47. The molecule has 0 saturated carbocycles. The fourth-order valence-corrected chi connectivity index (χ4v) is 6.01. The van der Waals surface area contributed by atoms with E-state index in [-0.39, 0.29) is 5.92 Å². The maximum Gasteiger partial charge on any atom is 0.405 e. The third kappa shape index (κ3) is 6.29. The highest BCUT2D eigenvalue weighted by Crippen LogP contribution is 2.39. The molecule has 0 radical (unpaired) electrons. The first-order valence-corrected chi connectivity index (χ1v) is 13.5. The number of carbonyl (C=O) groups is 1. The highest BCUT2D eigenvalue weighted by atomic mass is 32.2. The van der Waals surface area contributed by atoms with E-state index in [1.807, 2.05) is 44.2 Å². The van der Waals surface area contributed by atoms with Gasteiger partial charge in [0.05, 0.1) is 18.8 Å². The van der Waals surface area contributed by atoms with Crippen molar-refractivity contribution in [2.24, 2.45) is 5.92 Å². The number of rotatable bonds is 7. The van der Waals surface area contributed by atoms with Crippen molar-refractivity contribution in [1.29, 1.82) is 0 Å². The molecule has 1 atom stereocenters. The van der Waals surface area contributed by atoms with Crippen LogP contribution in [0.25, 0.3) is 0 Å². The lowest BCUT2D eigenvalue weighted by atomic mass is 9.72. The molecule has 5 rings (SSSR count). The van der Waals surface area contributed by atoms with Gasteiger partial charge in [0.2, 0.25) is 0 Å². The van der Waals surface area contributed by atoms with Crippen molar-refractivity contribution in [2.45, 2.75) is 60.8 Å². The molecule has 7 heteroatoms. The topological polar surface area (TPSA) is 77.0 Å². The van der Waals surface area contributed by atoms with Crippen LogP contribution in [0.4, 0.5) is 4.79 Å². The van der Waals surface area contributed by atoms with E-state index in [9.17, 15) is 9.90 Å². The van der Waals surface area contributed by atoms with Gasteiger partial charge in [-0.1, -0.05) is 54.2 Å². The van der Waals surface area contributed by atoms with E-state index in [2.05, 4.69) is 47.8 Å². The van der Waals surface area contributed by atoms with E-state index in [1.54, 1.807) is 11.8 Å². The van der Waals surface area contributed by atoms with Crippen molar-refractivity contribution in [2.75, 3.05) is 13.2 Å². The number of amides is 1. The van der Waals surface area contributed by atoms with Crippen molar-refractivity contribution in [3.63, 3.8) is 0 Å². The van der Waals surface area contributed by atoms with Gasteiger partial charge in [0, 0.05) is 9.79 Å². The van der Waals surface area contributed by atoms with Gasteiger partial charge in [-0.2, -0.15) is 0 Å². The SMILES string of the molecule is CC1(C)OCC(NC(=O)O)(C2CCc3cc(Sc4cccc(OCc5ccccc5)c4)ccc3C2)CO1. The van der Waals surface area contributed by atoms with E-state index in [1.165, 1.54) is 16.0 Å². The number of hydrogen-bond donors (Lipinski definition) is 2. The average Bonchev–Trinajstić information content (AvgIpc) is 2.89. The average molecular weight is 520 g/mol. The van der Waals surface area contributed by atoms with Gasteiger partial charge in [-0.25, -0.2) is 4.79 Å². The molecule has 1 saturated heterocycles. The van der Waals surface area contributed by atoms with Crippen LogP contribution < -0.4 is 10.1 Å². The molecule has 6 nitrogen and oxygen atoms in total. The molecule has 194 valence electrons. The van der Waals surface area contributed by atoms with E-state index in [0.29, 0.717) is 19.8 Å². The van der Waals surface area contributed by atoms with Crippen LogP contribution in [0.5, 0.6) is 5.75 Å². The molecule has 0 bridgehead atoms. The van der Waals surface area contributed by atoms with Crippen molar-refractivity contribution < 1.29 is 24.1 Å². The summed E-state index contributed by atoms with van der Waals surface area (Å²) < 4.78 is 17.8. The molecule has 3 aromatic rings. The Morgan fingerprint density at radius 1 is 1.00 bits per heavy atom. The Morgan fingerprint density at radius 3 is 2.51 bits per heavy atom. The summed E-state index contributed by atoms with van der Waals surface area (Å²) >= 11 is 1.72. The molecule has 37 heavy (non-hydrogen) atoms. The molecule has 1 amide bonds. The summed E-state index contributed by atoms with van der Waals surface area (Å²) in [6.45, 7) is 4.88. The predicted octanol–water partition coefficient (Wildman–Crippen LogP) is 6.31. The van der Waals surface area contributed by atoms with Gasteiger partial charge in [-0.15, -0.1) is 0 Å². The Morgan fingerprint density at radius 2 is 1.76 bits per heavy atom. The van der Waals surface area contributed by atoms with Crippen LogP contribution in [-0.2, 0) is 28.9 Å². The molecule has 1 unspecified atom stereocenters. The summed E-state index contributed by atoms with van der Waals surface area (Å²) in [6.07, 6.45) is 1.51. The highest BCUT2D eigenvalue weighted by molar-refractivity contribution is 7.99. The summed E-state index contributed by atoms with van der Waals surface area (Å²) in [5, 5.41) is 12.3. The summed E-state index contributed by atoms with van der Waals surface area (Å²) in [6, 6.07) is 24.9. The first-order valence-electron chi connectivity index (χ1n) is 12.7. The van der Waals surface area contributed by atoms with Crippen molar-refractivity contribution in [3.8, 4) is 5.75 Å². The van der Waals surface area contributed by atoms with Crippen LogP contribution in [0.3, 0.4) is 0 Å². The Balaban J connectivity index is 1.25. The van der Waals surface area contributed by atoms with Crippen molar-refractivity contribution in [1.82, 2.24) is 5.32 Å². The van der Waals surface area contributed by atoms with Crippen LogP contribution >= 0.6 is 11.8 Å². The number of carboxylic acid groups (broad SMARTS) is 1. The monoisotopic (exact) mass is 519 g/mol. The van der Waals surface area contributed by atoms with Crippen LogP contribution in [0.2, 0.25) is 0 Å². The van der Waals surface area contributed by atoms with E-state index >= 15 is 0 Å². The quantitative estimate of drug-likeness (QED) is 0.381. The van der Waals surface area contributed by atoms with Crippen molar-refractivity contribution in [3.05, 3.63) is 89.5 Å². The number of ether oxygens (including phenoxy) is 3. The molecule has 1 heterocycles. The fourth-order valence-electron chi connectivity index (χ4n) is 5.08. The van der Waals surface area contributed by atoms with Crippen LogP contribution in [-0.4, -0.2) is 35.7 Å². The van der Waals surface area contributed by atoms with Gasteiger partial charge in [0.25, 0.3) is 0 Å². The molecule has 1 fully saturated rings. The second-order valence-electron chi connectivity index (χ2n) is 10.3. The summed E-state index contributed by atoms with van der Waals surface area (Å²) in [7, 11) is 0. The number of nitrogens with one attached hydrogen (secondary N) is 1. The highest BCUT2D eigenvalue weighted by Gasteiger charge is 2.47. The second-order valence-corrected chi connectivity index (χ2v) is 11.4. The largest absolute Gasteiger partial charge is 0.489 e. The van der Waals surface area contributed by atoms with Gasteiger partial charge >= 0.3 is 6.09 Å². The summed E-state index contributed by atoms with van der Waals surface area (Å²) in [4.78, 5) is 14.0. The molecular formula is C30H33NO5S. The van der Waals surface area contributed by atoms with E-state index < -0.39 is 17.4 Å². The minimum absolute atomic E-state index is 0.101. The molecule has 0 spiro atoms. The lowest BCUT2D eigenvalue weighted by Crippen LogP contribution is -2.65. The molecule has 3 aromatic carbocycles. The lowest BCUT2D eigenvalue weighted by Gasteiger charge is -2.48. The summed E-state index contributed by atoms with van der Waals surface area (Å²) in [5.41, 5.74) is 2.98. The van der Waals surface area contributed by atoms with Gasteiger partial charge in [0.1, 0.15) is 12.4 Å². The first-order chi connectivity index (χ1) is 17.8. The zero-order valence-electron chi connectivity index (χ0n) is 21.2. The number of fused-ring (bicyclic) bond motifs is 1. The Hall–Kier alpha value is -3.00. The molecular weight excluding hydrogens is 486 g/mol. The van der Waals surface area contributed by atoms with Gasteiger partial charge in [-0.3, -0.25) is 0 Å². The third-order valence-electron chi connectivity index (χ3n) is 7.19. The van der Waals surface area contributed by atoms with Crippen molar-refractivity contribution >= 4 is 17.9 Å². The number of hydrogen-bond acceptors (Lipinski definition) is 5. The zero-order chi connectivity index (χ0) is 25.9. The summed E-state index contributed by atoms with van der Waals surface area (Å²) in [5.74, 6) is 0.252. The smallest absolute Gasteiger partial charge is 0.405 e. The van der Waals surface area contributed by atoms with Gasteiger partial charge in [-0.05, 0) is 86.1 Å². The normalized spacial score (nSPS) is 20.0. The number of benzene rings is 3. The van der Waals surface area contributed by atoms with Gasteiger partial charge in [0.15, 0.2) is 5.79 Å². The Labute approximate surface area is 222 Å². The molecule has 2 aliphatic rings. The van der Waals surface area contributed by atoms with Crippen LogP contribution in [0.1, 0.15) is 37.0 Å². The van der Waals surface area contributed by atoms with E-state index in [0.717, 1.165) is 35.5 Å². The molecule has 1 aliphatic heterocycles. The minimum Gasteiger partial charge on any atom is -0.489 e. The maximum absolute atomic E-state index is 11.6. The first kappa shape index (κ1) is 25.6. The minimum atomic E-state index is -1.04. The van der Waals surface area contributed by atoms with Crippen LogP contribution in [0, 0.1) is 5.92 Å². The standard InChI is InChI=1S/C30H33NO5S/c1-29(2)35-19-30(20-36-29,31-28(32)33)24-13-11-23-16-27(14-12-22(23)15-24)37-26-10-6-9-25(17-26)34-18-21-7-4-3-5-8-21/h3-10,12,14,16-17,24,31H,11,13,15,18-20H2,1-2H3,(H,32,33). The lowest BCUT2D eigenvalue weighted by molar-refractivity contribution is -0.277. The Bertz CT molecular complexity index is 1240. The molecule has 2 N–H and O–H groups in total. The molecule has 0 aromatic heterocycles. The fraction of sp³-hybridized carbons (Fsp3) is 0.367. The van der Waals surface area contributed by atoms with E-state index in [4.69, 9.17) is 14.2 Å². The molecule has 1 aliphatic carbocycles. The third-order valence-corrected chi connectivity index (χ3v) is 8.17. The van der Waals surface area contributed by atoms with Crippen LogP contribution in [0.15, 0.2) is 82.6 Å². The zero-order valence-corrected chi connectivity index (χ0v) is 22.1. The predicted molar refractivity (Wildman–Crippen MR) is 143 cm³/mol. The maximum atomic E-state index is 11.6. The number of aryl methyl sites for hydroxylation is 1. The van der Waals surface area contributed by atoms with Gasteiger partial charge < -0.3 is 24.6 Å². The second kappa shape index (κ2) is 10.8.